The SMILES string of the molecule is CCCSc1nnc2c(n1)O[C@H](c1ccc(-c3ccc([N+](=O)[O-])cc3Cl)o1)Nc1ccccc1-2. The molecule has 1 N–H and O–H groups in total. The lowest BCUT2D eigenvalue weighted by Crippen LogP contribution is -2.16. The number of ether oxygens (including phenoxy) is 1. The van der Waals surface area contributed by atoms with Gasteiger partial charge in [0.2, 0.25) is 17.3 Å². The van der Waals surface area contributed by atoms with E-state index in [0.717, 1.165) is 23.4 Å². The number of thioether (sulfide) groups is 1. The van der Waals surface area contributed by atoms with Crippen LogP contribution in [-0.2, 0) is 0 Å². The van der Waals surface area contributed by atoms with Crippen molar-refractivity contribution >= 4 is 34.7 Å². The van der Waals surface area contributed by atoms with Gasteiger partial charge in [-0.1, -0.05) is 48.5 Å². The van der Waals surface area contributed by atoms with Crippen molar-refractivity contribution < 1.29 is 14.1 Å². The fourth-order valence-electron chi connectivity index (χ4n) is 3.49. The monoisotopic (exact) mass is 495 g/mol. The number of rotatable bonds is 6. The number of nitrogens with one attached hydrogen (secondary N) is 1. The van der Waals surface area contributed by atoms with Crippen molar-refractivity contribution in [2.45, 2.75) is 24.7 Å². The summed E-state index contributed by atoms with van der Waals surface area (Å²) in [5.41, 5.74) is 2.60. The zero-order chi connectivity index (χ0) is 23.7. The molecule has 1 aliphatic heterocycles. The topological polar surface area (TPSA) is 116 Å². The number of nitrogens with zero attached hydrogens (tertiary/aromatic N) is 4. The smallest absolute Gasteiger partial charge is 0.270 e. The van der Waals surface area contributed by atoms with Gasteiger partial charge in [0, 0.05) is 34.7 Å². The summed E-state index contributed by atoms with van der Waals surface area (Å²) in [5.74, 6) is 2.16. The van der Waals surface area contributed by atoms with Crippen LogP contribution < -0.4 is 10.1 Å². The lowest BCUT2D eigenvalue weighted by atomic mass is 10.1. The molecule has 0 radical (unpaired) electrons. The van der Waals surface area contributed by atoms with Gasteiger partial charge in [-0.25, -0.2) is 0 Å². The van der Waals surface area contributed by atoms with Gasteiger partial charge in [0.15, 0.2) is 11.5 Å². The van der Waals surface area contributed by atoms with E-state index in [1.807, 2.05) is 24.3 Å². The standard InChI is InChI=1S/C23H18ClN5O4S/c1-2-11-34-23-26-22-20(27-28-23)15-5-3-4-6-17(15)25-21(33-22)19-10-9-18(32-19)14-8-7-13(29(30)31)12-16(14)24/h3-10,12,21,25H,2,11H2,1H3/t21-/m1/s1. The molecular formula is C23H18ClN5O4S. The molecule has 1 aliphatic rings. The van der Waals surface area contributed by atoms with Gasteiger partial charge in [-0.05, 0) is 30.7 Å². The van der Waals surface area contributed by atoms with Crippen molar-refractivity contribution in [3.8, 4) is 28.5 Å². The second kappa shape index (κ2) is 9.32. The van der Waals surface area contributed by atoms with E-state index in [9.17, 15) is 10.1 Å². The second-order valence-corrected chi connectivity index (χ2v) is 8.88. The lowest BCUT2D eigenvalue weighted by Gasteiger charge is -2.16. The highest BCUT2D eigenvalue weighted by atomic mass is 35.5. The molecule has 34 heavy (non-hydrogen) atoms. The van der Waals surface area contributed by atoms with Gasteiger partial charge >= 0.3 is 0 Å². The number of hydrogen-bond acceptors (Lipinski definition) is 9. The van der Waals surface area contributed by atoms with Crippen molar-refractivity contribution in [2.75, 3.05) is 11.1 Å². The van der Waals surface area contributed by atoms with Gasteiger partial charge in [-0.2, -0.15) is 4.98 Å². The fourth-order valence-corrected chi connectivity index (χ4v) is 4.39. The highest BCUT2D eigenvalue weighted by Crippen LogP contribution is 2.41. The maximum Gasteiger partial charge on any atom is 0.270 e. The van der Waals surface area contributed by atoms with Crippen molar-refractivity contribution in [1.29, 1.82) is 0 Å². The van der Waals surface area contributed by atoms with E-state index in [4.69, 9.17) is 20.8 Å². The summed E-state index contributed by atoms with van der Waals surface area (Å²) in [6.45, 7) is 2.09. The van der Waals surface area contributed by atoms with Crippen LogP contribution in [0.15, 0.2) is 64.2 Å². The van der Waals surface area contributed by atoms with E-state index in [1.54, 1.807) is 18.2 Å². The van der Waals surface area contributed by atoms with Crippen LogP contribution in [0, 0.1) is 10.1 Å². The molecule has 11 heteroatoms. The molecule has 0 bridgehead atoms. The Bertz CT molecular complexity index is 1380. The molecular weight excluding hydrogens is 478 g/mol. The first kappa shape index (κ1) is 22.2. The molecule has 2 aromatic heterocycles. The molecule has 1 atom stereocenters. The number of furan rings is 1. The van der Waals surface area contributed by atoms with Crippen LogP contribution in [0.3, 0.4) is 0 Å². The van der Waals surface area contributed by atoms with Crippen LogP contribution in [0.1, 0.15) is 25.3 Å². The van der Waals surface area contributed by atoms with Crippen LogP contribution in [0.4, 0.5) is 11.4 Å². The number of benzene rings is 2. The molecule has 0 saturated carbocycles. The lowest BCUT2D eigenvalue weighted by molar-refractivity contribution is -0.384. The summed E-state index contributed by atoms with van der Waals surface area (Å²) in [4.78, 5) is 15.1. The Morgan fingerprint density at radius 1 is 1.15 bits per heavy atom. The summed E-state index contributed by atoms with van der Waals surface area (Å²) in [7, 11) is 0. The molecule has 5 rings (SSSR count). The normalized spacial score (nSPS) is 14.4. The third kappa shape index (κ3) is 4.29. The molecule has 0 unspecified atom stereocenters. The van der Waals surface area contributed by atoms with Gasteiger partial charge in [0.1, 0.15) is 5.76 Å². The van der Waals surface area contributed by atoms with E-state index in [-0.39, 0.29) is 10.7 Å². The zero-order valence-electron chi connectivity index (χ0n) is 17.9. The summed E-state index contributed by atoms with van der Waals surface area (Å²) in [6.07, 6.45) is 0.285. The number of halogens is 1. The van der Waals surface area contributed by atoms with Crippen molar-refractivity contribution in [1.82, 2.24) is 15.2 Å². The molecule has 9 nitrogen and oxygen atoms in total. The summed E-state index contributed by atoms with van der Waals surface area (Å²) in [6, 6.07) is 15.4. The average Bonchev–Trinajstić information content (AvgIpc) is 3.26. The van der Waals surface area contributed by atoms with E-state index in [0.29, 0.717) is 33.8 Å². The summed E-state index contributed by atoms with van der Waals surface area (Å²) >= 11 is 7.80. The average molecular weight is 496 g/mol. The van der Waals surface area contributed by atoms with E-state index >= 15 is 0 Å². The van der Waals surface area contributed by atoms with Crippen LogP contribution in [0.2, 0.25) is 5.02 Å². The number of non-ortho nitro benzene ring substituents is 1. The minimum atomic E-state index is -0.700. The third-order valence-corrected chi connectivity index (χ3v) is 6.44. The Labute approximate surface area is 203 Å². The first-order valence-electron chi connectivity index (χ1n) is 10.5. The van der Waals surface area contributed by atoms with Gasteiger partial charge in [0.05, 0.1) is 9.95 Å². The third-order valence-electron chi connectivity index (χ3n) is 5.08. The Kier molecular flexibility index (Phi) is 6.08. The Morgan fingerprint density at radius 3 is 2.79 bits per heavy atom. The number of aromatic nitrogens is 3. The number of anilines is 1. The highest BCUT2D eigenvalue weighted by Gasteiger charge is 2.28. The number of nitro groups is 1. The molecule has 0 fully saturated rings. The first-order chi connectivity index (χ1) is 16.5. The molecule has 0 aliphatic carbocycles. The first-order valence-corrected chi connectivity index (χ1v) is 11.8. The van der Waals surface area contributed by atoms with Crippen molar-refractivity contribution in [3.05, 3.63) is 75.5 Å². The highest BCUT2D eigenvalue weighted by molar-refractivity contribution is 7.99. The van der Waals surface area contributed by atoms with Gasteiger partial charge in [-0.3, -0.25) is 10.1 Å². The van der Waals surface area contributed by atoms with Crippen molar-refractivity contribution in [2.24, 2.45) is 0 Å². The molecule has 0 spiro atoms. The molecule has 4 aromatic rings. The molecule has 0 saturated heterocycles. The minimum Gasteiger partial charge on any atom is -0.455 e. The van der Waals surface area contributed by atoms with Gasteiger partial charge in [0.25, 0.3) is 5.69 Å². The predicted octanol–water partition coefficient (Wildman–Crippen LogP) is 6.37. The number of hydrogen-bond donors (Lipinski definition) is 1. The quantitative estimate of drug-likeness (QED) is 0.185. The van der Waals surface area contributed by atoms with Gasteiger partial charge in [-0.15, -0.1) is 10.2 Å². The Hall–Kier alpha value is -3.63. The molecule has 2 aromatic carbocycles. The second-order valence-electron chi connectivity index (χ2n) is 7.41. The number of fused-ring (bicyclic) bond motifs is 3. The summed E-state index contributed by atoms with van der Waals surface area (Å²) < 4.78 is 12.3. The van der Waals surface area contributed by atoms with E-state index in [2.05, 4.69) is 27.4 Å². The Balaban J connectivity index is 1.51. The largest absolute Gasteiger partial charge is 0.455 e. The van der Waals surface area contributed by atoms with Crippen LogP contribution in [-0.4, -0.2) is 25.9 Å². The van der Waals surface area contributed by atoms with Crippen molar-refractivity contribution in [3.63, 3.8) is 0 Å². The number of nitro benzene ring substituents is 1. The maximum atomic E-state index is 11.0. The van der Waals surface area contributed by atoms with E-state index in [1.165, 1.54) is 23.9 Å². The van der Waals surface area contributed by atoms with E-state index < -0.39 is 11.2 Å². The van der Waals surface area contributed by atoms with Gasteiger partial charge < -0.3 is 14.5 Å². The van der Waals surface area contributed by atoms with Crippen LogP contribution >= 0.6 is 23.4 Å². The molecule has 0 amide bonds. The number of para-hydroxylation sites is 1. The summed E-state index contributed by atoms with van der Waals surface area (Å²) in [5, 5.41) is 23.7. The minimum absolute atomic E-state index is 0.0913. The Morgan fingerprint density at radius 2 is 2.00 bits per heavy atom. The maximum absolute atomic E-state index is 11.0. The molecule has 172 valence electrons. The molecule has 3 heterocycles. The predicted molar refractivity (Wildman–Crippen MR) is 129 cm³/mol. The zero-order valence-corrected chi connectivity index (χ0v) is 19.5. The van der Waals surface area contributed by atoms with Crippen LogP contribution in [0.5, 0.6) is 5.88 Å². The fraction of sp³-hybridized carbons (Fsp3) is 0.174. The van der Waals surface area contributed by atoms with Crippen LogP contribution in [0.25, 0.3) is 22.6 Å².